The van der Waals surface area contributed by atoms with Gasteiger partial charge in [-0.05, 0) is 24.3 Å². The van der Waals surface area contributed by atoms with Gasteiger partial charge in [-0.15, -0.1) is 0 Å². The third kappa shape index (κ3) is 1.66. The van der Waals surface area contributed by atoms with Crippen molar-refractivity contribution in [3.63, 3.8) is 0 Å². The summed E-state index contributed by atoms with van der Waals surface area (Å²) in [5.41, 5.74) is 7.40. The molecule has 0 aliphatic rings. The van der Waals surface area contributed by atoms with Crippen LogP contribution >= 0.6 is 15.9 Å². The van der Waals surface area contributed by atoms with Crippen LogP contribution in [-0.4, -0.2) is 19.7 Å². The topological polar surface area (TPSA) is 69.6 Å². The Morgan fingerprint density at radius 2 is 1.88 bits per heavy atom. The van der Waals surface area contributed by atoms with Crippen LogP contribution in [0.25, 0.3) is 16.7 Å². The first kappa shape index (κ1) is 10.2. The molecule has 0 unspecified atom stereocenters. The maximum absolute atomic E-state index is 5.76. The zero-order valence-corrected chi connectivity index (χ0v) is 10.3. The fourth-order valence-electron chi connectivity index (χ4n) is 1.63. The molecule has 0 spiro atoms. The van der Waals surface area contributed by atoms with Crippen LogP contribution in [0.2, 0.25) is 0 Å². The molecule has 17 heavy (non-hydrogen) atoms. The van der Waals surface area contributed by atoms with Gasteiger partial charge in [0.15, 0.2) is 5.65 Å². The van der Waals surface area contributed by atoms with Gasteiger partial charge in [-0.1, -0.05) is 15.9 Å². The summed E-state index contributed by atoms with van der Waals surface area (Å²) >= 11 is 3.39. The van der Waals surface area contributed by atoms with Crippen molar-refractivity contribution < 1.29 is 0 Å². The van der Waals surface area contributed by atoms with Crippen LogP contribution in [0, 0.1) is 0 Å². The highest BCUT2D eigenvalue weighted by atomic mass is 79.9. The van der Waals surface area contributed by atoms with Crippen molar-refractivity contribution in [3.8, 4) is 5.69 Å². The number of nitrogen functional groups attached to an aromatic ring is 1. The van der Waals surface area contributed by atoms with Crippen molar-refractivity contribution in [2.24, 2.45) is 0 Å². The van der Waals surface area contributed by atoms with Crippen LogP contribution in [0.15, 0.2) is 41.3 Å². The summed E-state index contributed by atoms with van der Waals surface area (Å²) in [6, 6.07) is 7.81. The van der Waals surface area contributed by atoms with Gasteiger partial charge in [0.2, 0.25) is 0 Å². The predicted molar refractivity (Wildman–Crippen MR) is 68.8 cm³/mol. The molecule has 6 heteroatoms. The van der Waals surface area contributed by atoms with Gasteiger partial charge in [0, 0.05) is 4.47 Å². The number of hydrogen-bond donors (Lipinski definition) is 1. The lowest BCUT2D eigenvalue weighted by molar-refractivity contribution is 0.895. The quantitative estimate of drug-likeness (QED) is 0.745. The van der Waals surface area contributed by atoms with E-state index in [4.69, 9.17) is 5.73 Å². The Hall–Kier alpha value is -1.95. The van der Waals surface area contributed by atoms with Gasteiger partial charge in [-0.3, -0.25) is 0 Å². The number of aromatic nitrogens is 4. The maximum Gasteiger partial charge on any atom is 0.168 e. The van der Waals surface area contributed by atoms with Crippen molar-refractivity contribution >= 4 is 32.8 Å². The third-order valence-electron chi connectivity index (χ3n) is 2.47. The first-order chi connectivity index (χ1) is 8.25. The molecule has 0 aliphatic carbocycles. The van der Waals surface area contributed by atoms with Gasteiger partial charge in [-0.25, -0.2) is 14.6 Å². The number of nitrogens with zero attached hydrogens (tertiary/aromatic N) is 4. The molecule has 2 aromatic heterocycles. The van der Waals surface area contributed by atoms with Crippen LogP contribution in [0.4, 0.5) is 5.82 Å². The Kier molecular flexibility index (Phi) is 2.29. The molecule has 0 saturated carbocycles. The lowest BCUT2D eigenvalue weighted by atomic mass is 10.3. The number of halogens is 1. The zero-order chi connectivity index (χ0) is 11.8. The van der Waals surface area contributed by atoms with Crippen LogP contribution in [0.3, 0.4) is 0 Å². The minimum Gasteiger partial charge on any atom is -0.383 e. The van der Waals surface area contributed by atoms with E-state index in [1.165, 1.54) is 6.33 Å². The van der Waals surface area contributed by atoms with E-state index in [2.05, 4.69) is 31.0 Å². The van der Waals surface area contributed by atoms with Crippen molar-refractivity contribution in [3.05, 3.63) is 41.3 Å². The van der Waals surface area contributed by atoms with Gasteiger partial charge in [0.25, 0.3) is 0 Å². The fraction of sp³-hybridized carbons (Fsp3) is 0. The molecule has 2 N–H and O–H groups in total. The smallest absolute Gasteiger partial charge is 0.168 e. The minimum atomic E-state index is 0.443. The molecule has 3 aromatic rings. The van der Waals surface area contributed by atoms with Crippen LogP contribution < -0.4 is 5.73 Å². The number of benzene rings is 1. The SMILES string of the molecule is Nc1ncnc2c1cnn2-c1ccc(Br)cc1. The first-order valence-electron chi connectivity index (χ1n) is 4.96. The minimum absolute atomic E-state index is 0.443. The standard InChI is InChI=1S/C11H8BrN5/c12-7-1-3-8(4-2-7)17-11-9(5-16-17)10(13)14-6-15-11/h1-6H,(H2,13,14,15). The van der Waals surface area contributed by atoms with Crippen LogP contribution in [0.1, 0.15) is 0 Å². The number of rotatable bonds is 1. The molecule has 0 atom stereocenters. The van der Waals surface area contributed by atoms with Crippen LogP contribution in [-0.2, 0) is 0 Å². The first-order valence-corrected chi connectivity index (χ1v) is 5.75. The molecule has 0 saturated heterocycles. The van der Waals surface area contributed by atoms with Crippen molar-refractivity contribution in [2.45, 2.75) is 0 Å². The normalized spacial score (nSPS) is 10.9. The van der Waals surface area contributed by atoms with Gasteiger partial charge in [0.1, 0.15) is 12.1 Å². The zero-order valence-electron chi connectivity index (χ0n) is 8.71. The second-order valence-electron chi connectivity index (χ2n) is 3.53. The summed E-state index contributed by atoms with van der Waals surface area (Å²) in [6.07, 6.45) is 3.11. The molecule has 2 heterocycles. The average molecular weight is 290 g/mol. The molecule has 0 aliphatic heterocycles. The summed E-state index contributed by atoms with van der Waals surface area (Å²) in [6.45, 7) is 0. The highest BCUT2D eigenvalue weighted by Crippen LogP contribution is 2.20. The predicted octanol–water partition coefficient (Wildman–Crippen LogP) is 2.16. The van der Waals surface area contributed by atoms with Gasteiger partial charge in [-0.2, -0.15) is 5.10 Å². The Balaban J connectivity index is 2.24. The van der Waals surface area contributed by atoms with Crippen LogP contribution in [0.5, 0.6) is 0 Å². The van der Waals surface area contributed by atoms with E-state index in [-0.39, 0.29) is 0 Å². The molecule has 84 valence electrons. The molecule has 5 nitrogen and oxygen atoms in total. The lowest BCUT2D eigenvalue weighted by Crippen LogP contribution is -1.98. The summed E-state index contributed by atoms with van der Waals surface area (Å²) in [7, 11) is 0. The number of nitrogens with two attached hydrogens (primary N) is 1. The van der Waals surface area contributed by atoms with Crippen molar-refractivity contribution in [1.29, 1.82) is 0 Å². The highest BCUT2D eigenvalue weighted by molar-refractivity contribution is 9.10. The van der Waals surface area contributed by atoms with E-state index >= 15 is 0 Å². The average Bonchev–Trinajstić information content (AvgIpc) is 2.75. The fourth-order valence-corrected chi connectivity index (χ4v) is 1.90. The van der Waals surface area contributed by atoms with Gasteiger partial charge >= 0.3 is 0 Å². The monoisotopic (exact) mass is 289 g/mol. The molecular weight excluding hydrogens is 282 g/mol. The van der Waals surface area contributed by atoms with Gasteiger partial charge in [0.05, 0.1) is 17.3 Å². The third-order valence-corrected chi connectivity index (χ3v) is 3.00. The van der Waals surface area contributed by atoms with Crippen molar-refractivity contribution in [1.82, 2.24) is 19.7 Å². The molecule has 0 bridgehead atoms. The van der Waals surface area contributed by atoms with E-state index in [1.807, 2.05) is 24.3 Å². The maximum atomic E-state index is 5.76. The summed E-state index contributed by atoms with van der Waals surface area (Å²) < 4.78 is 2.76. The van der Waals surface area contributed by atoms with Crippen molar-refractivity contribution in [2.75, 3.05) is 5.73 Å². The Labute approximate surface area is 105 Å². The largest absolute Gasteiger partial charge is 0.383 e. The molecule has 0 fully saturated rings. The molecule has 0 radical (unpaired) electrons. The molecule has 3 rings (SSSR count). The summed E-state index contributed by atoms with van der Waals surface area (Å²) in [4.78, 5) is 8.13. The second-order valence-corrected chi connectivity index (χ2v) is 4.44. The molecular formula is C11H8BrN5. The summed E-state index contributed by atoms with van der Waals surface area (Å²) in [5, 5.41) is 5.03. The van der Waals surface area contributed by atoms with E-state index in [0.29, 0.717) is 11.5 Å². The van der Waals surface area contributed by atoms with E-state index < -0.39 is 0 Å². The molecule has 1 aromatic carbocycles. The lowest BCUT2D eigenvalue weighted by Gasteiger charge is -2.02. The molecule has 0 amide bonds. The van der Waals surface area contributed by atoms with E-state index in [1.54, 1.807) is 10.9 Å². The Bertz CT molecular complexity index is 674. The van der Waals surface area contributed by atoms with E-state index in [9.17, 15) is 0 Å². The number of fused-ring (bicyclic) bond motifs is 1. The second kappa shape index (κ2) is 3.81. The highest BCUT2D eigenvalue weighted by Gasteiger charge is 2.08. The van der Waals surface area contributed by atoms with Gasteiger partial charge < -0.3 is 5.73 Å². The number of hydrogen-bond acceptors (Lipinski definition) is 4. The van der Waals surface area contributed by atoms with E-state index in [0.717, 1.165) is 15.5 Å². The number of anilines is 1. The Morgan fingerprint density at radius 3 is 2.65 bits per heavy atom. The summed E-state index contributed by atoms with van der Waals surface area (Å²) in [5.74, 6) is 0.443. The Morgan fingerprint density at radius 1 is 1.12 bits per heavy atom.